The van der Waals surface area contributed by atoms with Crippen LogP contribution in [0.2, 0.25) is 0 Å². The van der Waals surface area contributed by atoms with Gasteiger partial charge in [-0.3, -0.25) is 18.8 Å². The molecule has 7 heteroatoms. The lowest BCUT2D eigenvalue weighted by Crippen LogP contribution is -2.36. The standard InChI is InChI=1S/C18H19N5O2/c1-22-16-8-4-7-15(13(16)9-20-22)21-17(24)10-23-11-19-14-6-3-2-5-12(14)18(23)25/h2-3,5-6,9,11,15H,4,7-8,10H2,1H3,(H,21,24)/t15-/m0/s1. The maximum Gasteiger partial charge on any atom is 0.261 e. The molecule has 2 heterocycles. The molecular weight excluding hydrogens is 318 g/mol. The molecular formula is C18H19N5O2. The molecule has 0 saturated carbocycles. The third-order valence-electron chi connectivity index (χ3n) is 4.76. The number of para-hydroxylation sites is 1. The van der Waals surface area contributed by atoms with Crippen molar-refractivity contribution in [3.63, 3.8) is 0 Å². The fraction of sp³-hybridized carbons (Fsp3) is 0.333. The van der Waals surface area contributed by atoms with E-state index in [9.17, 15) is 9.59 Å². The number of aromatic nitrogens is 4. The van der Waals surface area contributed by atoms with Crippen LogP contribution in [0.3, 0.4) is 0 Å². The summed E-state index contributed by atoms with van der Waals surface area (Å²) in [5.74, 6) is -0.194. The Morgan fingerprint density at radius 3 is 3.08 bits per heavy atom. The van der Waals surface area contributed by atoms with Crippen LogP contribution in [0, 0.1) is 0 Å². The molecule has 1 aliphatic carbocycles. The van der Waals surface area contributed by atoms with Crippen molar-refractivity contribution in [3.05, 3.63) is 58.4 Å². The molecule has 1 aliphatic rings. The topological polar surface area (TPSA) is 81.8 Å². The van der Waals surface area contributed by atoms with Gasteiger partial charge < -0.3 is 5.32 Å². The second-order valence-electron chi connectivity index (χ2n) is 6.38. The molecule has 1 amide bonds. The van der Waals surface area contributed by atoms with E-state index in [1.54, 1.807) is 18.2 Å². The van der Waals surface area contributed by atoms with Crippen molar-refractivity contribution >= 4 is 16.8 Å². The highest BCUT2D eigenvalue weighted by Crippen LogP contribution is 2.28. The van der Waals surface area contributed by atoms with E-state index in [4.69, 9.17) is 0 Å². The number of fused-ring (bicyclic) bond motifs is 2. The predicted octanol–water partition coefficient (Wildman–Crippen LogP) is 1.32. The Morgan fingerprint density at radius 1 is 1.36 bits per heavy atom. The third-order valence-corrected chi connectivity index (χ3v) is 4.76. The van der Waals surface area contributed by atoms with Crippen molar-refractivity contribution in [2.75, 3.05) is 0 Å². The van der Waals surface area contributed by atoms with Crippen molar-refractivity contribution in [1.82, 2.24) is 24.6 Å². The highest BCUT2D eigenvalue weighted by atomic mass is 16.2. The molecule has 2 aromatic heterocycles. The minimum atomic E-state index is -0.202. The zero-order chi connectivity index (χ0) is 17.4. The van der Waals surface area contributed by atoms with Crippen LogP contribution in [0.4, 0.5) is 0 Å². The van der Waals surface area contributed by atoms with E-state index in [1.165, 1.54) is 16.6 Å². The first-order chi connectivity index (χ1) is 12.1. The fourth-order valence-electron chi connectivity index (χ4n) is 3.47. The van der Waals surface area contributed by atoms with Crippen molar-refractivity contribution in [2.45, 2.75) is 31.8 Å². The van der Waals surface area contributed by atoms with Crippen molar-refractivity contribution in [1.29, 1.82) is 0 Å². The van der Waals surface area contributed by atoms with Crippen molar-refractivity contribution in [2.24, 2.45) is 7.05 Å². The highest BCUT2D eigenvalue weighted by molar-refractivity contribution is 5.79. The number of carbonyl (C=O) groups is 1. The number of nitrogens with one attached hydrogen (secondary N) is 1. The Morgan fingerprint density at radius 2 is 2.20 bits per heavy atom. The van der Waals surface area contributed by atoms with Gasteiger partial charge in [0.2, 0.25) is 5.91 Å². The van der Waals surface area contributed by atoms with Gasteiger partial charge in [0.15, 0.2) is 0 Å². The van der Waals surface area contributed by atoms with Crippen LogP contribution in [-0.4, -0.2) is 25.2 Å². The van der Waals surface area contributed by atoms with Crippen LogP contribution in [0.5, 0.6) is 0 Å². The van der Waals surface area contributed by atoms with E-state index < -0.39 is 0 Å². The Balaban J connectivity index is 1.54. The second kappa shape index (κ2) is 6.16. The molecule has 7 nitrogen and oxygen atoms in total. The quantitative estimate of drug-likeness (QED) is 0.781. The van der Waals surface area contributed by atoms with E-state index in [2.05, 4.69) is 15.4 Å². The summed E-state index contributed by atoms with van der Waals surface area (Å²) >= 11 is 0. The molecule has 0 fully saturated rings. The number of hydrogen-bond donors (Lipinski definition) is 1. The van der Waals surface area contributed by atoms with Gasteiger partial charge in [0, 0.05) is 18.3 Å². The summed E-state index contributed by atoms with van der Waals surface area (Å²) in [6.45, 7) is -0.0389. The summed E-state index contributed by atoms with van der Waals surface area (Å²) in [6, 6.07) is 7.09. The van der Waals surface area contributed by atoms with Crippen LogP contribution in [0.1, 0.15) is 30.1 Å². The molecule has 3 aromatic rings. The average molecular weight is 337 g/mol. The van der Waals surface area contributed by atoms with Crippen molar-refractivity contribution in [3.8, 4) is 0 Å². The molecule has 0 bridgehead atoms. The Hall–Kier alpha value is -2.96. The summed E-state index contributed by atoms with van der Waals surface area (Å²) < 4.78 is 3.22. The summed E-state index contributed by atoms with van der Waals surface area (Å²) in [7, 11) is 1.92. The average Bonchev–Trinajstić information content (AvgIpc) is 3.00. The van der Waals surface area contributed by atoms with Gasteiger partial charge in [0.1, 0.15) is 6.54 Å². The first-order valence-electron chi connectivity index (χ1n) is 8.38. The lowest BCUT2D eigenvalue weighted by atomic mass is 9.93. The summed E-state index contributed by atoms with van der Waals surface area (Å²) in [4.78, 5) is 29.2. The van der Waals surface area contributed by atoms with Crippen LogP contribution >= 0.6 is 0 Å². The lowest BCUT2D eigenvalue weighted by molar-refractivity contribution is -0.122. The van der Waals surface area contributed by atoms with E-state index in [0.717, 1.165) is 24.8 Å². The molecule has 0 unspecified atom stereocenters. The minimum Gasteiger partial charge on any atom is -0.348 e. The molecule has 1 atom stereocenters. The van der Waals surface area contributed by atoms with Gasteiger partial charge in [0.25, 0.3) is 5.56 Å². The molecule has 128 valence electrons. The maximum absolute atomic E-state index is 12.5. The van der Waals surface area contributed by atoms with Gasteiger partial charge in [-0.1, -0.05) is 12.1 Å². The Kier molecular flexibility index (Phi) is 3.83. The third kappa shape index (κ3) is 2.82. The lowest BCUT2D eigenvalue weighted by Gasteiger charge is -2.24. The normalized spacial score (nSPS) is 16.6. The molecule has 0 saturated heterocycles. The number of nitrogens with zero attached hydrogens (tertiary/aromatic N) is 4. The molecule has 4 rings (SSSR count). The van der Waals surface area contributed by atoms with Crippen molar-refractivity contribution < 1.29 is 4.79 Å². The second-order valence-corrected chi connectivity index (χ2v) is 6.38. The zero-order valence-corrected chi connectivity index (χ0v) is 14.0. The van der Waals surface area contributed by atoms with E-state index in [0.29, 0.717) is 10.9 Å². The first kappa shape index (κ1) is 15.6. The van der Waals surface area contributed by atoms with Crippen LogP contribution < -0.4 is 10.9 Å². The van der Waals surface area contributed by atoms with Crippen LogP contribution in [0.25, 0.3) is 10.9 Å². The highest BCUT2D eigenvalue weighted by Gasteiger charge is 2.24. The number of benzene rings is 1. The first-order valence-corrected chi connectivity index (χ1v) is 8.38. The predicted molar refractivity (Wildman–Crippen MR) is 93.0 cm³/mol. The van der Waals surface area contributed by atoms with Gasteiger partial charge in [-0.15, -0.1) is 0 Å². The molecule has 0 radical (unpaired) electrons. The van der Waals surface area contributed by atoms with Gasteiger partial charge in [-0.05, 0) is 31.4 Å². The molecule has 1 aromatic carbocycles. The van der Waals surface area contributed by atoms with Crippen LogP contribution in [0.15, 0.2) is 41.6 Å². The number of hydrogen-bond acceptors (Lipinski definition) is 4. The van der Waals surface area contributed by atoms with E-state index in [1.807, 2.05) is 24.0 Å². The monoisotopic (exact) mass is 337 g/mol. The van der Waals surface area contributed by atoms with Gasteiger partial charge in [-0.2, -0.15) is 5.10 Å². The number of rotatable bonds is 3. The van der Waals surface area contributed by atoms with Gasteiger partial charge >= 0.3 is 0 Å². The van der Waals surface area contributed by atoms with E-state index >= 15 is 0 Å². The smallest absolute Gasteiger partial charge is 0.261 e. The van der Waals surface area contributed by atoms with Crippen LogP contribution in [-0.2, 0) is 24.8 Å². The SMILES string of the molecule is Cn1ncc2c1CCC[C@@H]2NC(=O)Cn1cnc2ccccc2c1=O. The molecule has 0 aliphatic heterocycles. The summed E-state index contributed by atoms with van der Waals surface area (Å²) in [5, 5.41) is 7.84. The number of aryl methyl sites for hydroxylation is 1. The summed E-state index contributed by atoms with van der Waals surface area (Å²) in [5.41, 5.74) is 2.68. The molecule has 0 spiro atoms. The maximum atomic E-state index is 12.5. The Bertz CT molecular complexity index is 1000. The number of amides is 1. The van der Waals surface area contributed by atoms with Gasteiger partial charge in [-0.25, -0.2) is 4.98 Å². The summed E-state index contributed by atoms with van der Waals surface area (Å²) in [6.07, 6.45) is 6.13. The minimum absolute atomic E-state index is 0.0389. The largest absolute Gasteiger partial charge is 0.348 e. The van der Waals surface area contributed by atoms with E-state index in [-0.39, 0.29) is 24.1 Å². The zero-order valence-electron chi connectivity index (χ0n) is 14.0. The fourth-order valence-corrected chi connectivity index (χ4v) is 3.47. The Labute approximate surface area is 144 Å². The number of carbonyl (C=O) groups excluding carboxylic acids is 1. The molecule has 1 N–H and O–H groups in total. The van der Waals surface area contributed by atoms with Gasteiger partial charge in [0.05, 0.1) is 29.5 Å². The molecule has 25 heavy (non-hydrogen) atoms.